The molecule has 2 aromatic rings. The second-order valence-electron chi connectivity index (χ2n) is 5.55. The first-order valence-corrected chi connectivity index (χ1v) is 7.57. The minimum Gasteiger partial charge on any atom is -0.481 e. The molecule has 2 aromatic heterocycles. The van der Waals surface area contributed by atoms with Gasteiger partial charge >= 0.3 is 5.69 Å². The highest BCUT2D eigenvalue weighted by Crippen LogP contribution is 2.29. The van der Waals surface area contributed by atoms with E-state index in [4.69, 9.17) is 9.47 Å². The molecule has 8 heteroatoms. The van der Waals surface area contributed by atoms with Gasteiger partial charge in [-0.05, 0) is 25.5 Å². The maximum atomic E-state index is 12.4. The van der Waals surface area contributed by atoms with Gasteiger partial charge in [0.1, 0.15) is 11.8 Å². The van der Waals surface area contributed by atoms with Crippen molar-refractivity contribution in [1.82, 2.24) is 20.3 Å². The Morgan fingerprint density at radius 1 is 1.46 bits per heavy atom. The molecular formula is C16H18N4O4. The van der Waals surface area contributed by atoms with Crippen molar-refractivity contribution in [3.05, 3.63) is 51.8 Å². The van der Waals surface area contributed by atoms with E-state index in [9.17, 15) is 9.59 Å². The third-order valence-electron chi connectivity index (χ3n) is 3.82. The summed E-state index contributed by atoms with van der Waals surface area (Å²) in [5.41, 5.74) is 0.987. The molecule has 2 N–H and O–H groups in total. The van der Waals surface area contributed by atoms with Gasteiger partial charge in [0, 0.05) is 30.1 Å². The van der Waals surface area contributed by atoms with Gasteiger partial charge in [-0.1, -0.05) is 0 Å². The molecule has 3 heterocycles. The largest absolute Gasteiger partial charge is 0.481 e. The molecule has 0 aliphatic carbocycles. The van der Waals surface area contributed by atoms with E-state index in [1.165, 1.54) is 6.07 Å². The summed E-state index contributed by atoms with van der Waals surface area (Å²) in [4.78, 5) is 34.2. The summed E-state index contributed by atoms with van der Waals surface area (Å²) in [6.45, 7) is 2.23. The van der Waals surface area contributed by atoms with Crippen LogP contribution in [-0.4, -0.2) is 40.6 Å². The number of carbonyl (C=O) groups is 1. The lowest BCUT2D eigenvalue weighted by molar-refractivity contribution is 0.0816. The molecule has 0 spiro atoms. The summed E-state index contributed by atoms with van der Waals surface area (Å²) in [5.74, 6) is 0.117. The highest BCUT2D eigenvalue weighted by Gasteiger charge is 2.31. The number of methoxy groups -OCH3 is 1. The van der Waals surface area contributed by atoms with Gasteiger partial charge in [-0.25, -0.2) is 9.78 Å². The van der Waals surface area contributed by atoms with E-state index >= 15 is 0 Å². The summed E-state index contributed by atoms with van der Waals surface area (Å²) in [5, 5.41) is 2.89. The third-order valence-corrected chi connectivity index (χ3v) is 3.82. The van der Waals surface area contributed by atoms with Crippen molar-refractivity contribution in [2.24, 2.45) is 0 Å². The quantitative estimate of drug-likeness (QED) is 0.856. The van der Waals surface area contributed by atoms with E-state index in [2.05, 4.69) is 20.3 Å². The maximum absolute atomic E-state index is 12.4. The second kappa shape index (κ2) is 6.79. The molecule has 1 saturated heterocycles. The molecular weight excluding hydrogens is 312 g/mol. The van der Waals surface area contributed by atoms with Crippen LogP contribution in [0.5, 0.6) is 5.88 Å². The third kappa shape index (κ3) is 3.43. The summed E-state index contributed by atoms with van der Waals surface area (Å²) < 4.78 is 10.8. The van der Waals surface area contributed by atoms with Gasteiger partial charge in [0.15, 0.2) is 0 Å². The fourth-order valence-corrected chi connectivity index (χ4v) is 2.68. The average Bonchev–Trinajstić information content (AvgIpc) is 3.02. The highest BCUT2D eigenvalue weighted by atomic mass is 16.5. The lowest BCUT2D eigenvalue weighted by Crippen LogP contribution is -2.38. The number of aromatic amines is 1. The van der Waals surface area contributed by atoms with E-state index in [1.807, 2.05) is 6.07 Å². The molecule has 1 aliphatic heterocycles. The number of aryl methyl sites for hydroxylation is 1. The molecule has 1 fully saturated rings. The molecule has 2 atom stereocenters. The number of nitrogens with one attached hydrogen (secondary N) is 2. The monoisotopic (exact) mass is 330 g/mol. The molecule has 126 valence electrons. The second-order valence-corrected chi connectivity index (χ2v) is 5.55. The lowest BCUT2D eigenvalue weighted by atomic mass is 10.0. The van der Waals surface area contributed by atoms with Gasteiger partial charge in [-0.15, -0.1) is 0 Å². The SMILES string of the molecule is COc1ccc([C@@H]2OCC[C@H]2NC(=O)c2cc(C)[nH]c(=O)n2)cn1. The zero-order valence-electron chi connectivity index (χ0n) is 13.4. The van der Waals surface area contributed by atoms with Crippen molar-refractivity contribution >= 4 is 5.91 Å². The normalized spacial score (nSPS) is 19.9. The predicted molar refractivity (Wildman–Crippen MR) is 84.9 cm³/mol. The van der Waals surface area contributed by atoms with Crippen LogP contribution in [0.4, 0.5) is 0 Å². The van der Waals surface area contributed by atoms with Crippen LogP contribution in [0, 0.1) is 6.92 Å². The number of aromatic nitrogens is 3. The number of carbonyl (C=O) groups excluding carboxylic acids is 1. The van der Waals surface area contributed by atoms with Gasteiger partial charge in [0.25, 0.3) is 5.91 Å². The summed E-state index contributed by atoms with van der Waals surface area (Å²) >= 11 is 0. The fourth-order valence-electron chi connectivity index (χ4n) is 2.68. The van der Waals surface area contributed by atoms with E-state index < -0.39 is 11.6 Å². The van der Waals surface area contributed by atoms with Crippen molar-refractivity contribution < 1.29 is 14.3 Å². The number of nitrogens with zero attached hydrogens (tertiary/aromatic N) is 2. The van der Waals surface area contributed by atoms with Crippen LogP contribution in [0.15, 0.2) is 29.2 Å². The smallest absolute Gasteiger partial charge is 0.345 e. The molecule has 3 rings (SSSR count). The molecule has 0 saturated carbocycles. The van der Waals surface area contributed by atoms with E-state index in [0.717, 1.165) is 5.56 Å². The summed E-state index contributed by atoms with van der Waals surface area (Å²) in [6.07, 6.45) is 2.05. The van der Waals surface area contributed by atoms with Gasteiger partial charge in [0.05, 0.1) is 13.2 Å². The van der Waals surface area contributed by atoms with Crippen molar-refractivity contribution in [1.29, 1.82) is 0 Å². The summed E-state index contributed by atoms with van der Waals surface area (Å²) in [6, 6.07) is 4.93. The fraction of sp³-hybridized carbons (Fsp3) is 0.375. The van der Waals surface area contributed by atoms with Crippen LogP contribution in [0.3, 0.4) is 0 Å². The average molecular weight is 330 g/mol. The van der Waals surface area contributed by atoms with E-state index in [1.54, 1.807) is 26.3 Å². The topological polar surface area (TPSA) is 106 Å². The molecule has 8 nitrogen and oxygen atoms in total. The Kier molecular flexibility index (Phi) is 4.57. The van der Waals surface area contributed by atoms with Crippen molar-refractivity contribution in [2.75, 3.05) is 13.7 Å². The number of H-pyrrole nitrogens is 1. The molecule has 24 heavy (non-hydrogen) atoms. The van der Waals surface area contributed by atoms with Crippen LogP contribution in [0.25, 0.3) is 0 Å². The zero-order valence-corrected chi connectivity index (χ0v) is 13.4. The first-order chi connectivity index (χ1) is 11.6. The molecule has 1 aliphatic rings. The number of hydrogen-bond donors (Lipinski definition) is 2. The number of rotatable bonds is 4. The number of hydrogen-bond acceptors (Lipinski definition) is 6. The van der Waals surface area contributed by atoms with Gasteiger partial charge in [0.2, 0.25) is 5.88 Å². The van der Waals surface area contributed by atoms with Crippen molar-refractivity contribution in [3.8, 4) is 5.88 Å². The summed E-state index contributed by atoms with van der Waals surface area (Å²) in [7, 11) is 1.55. The molecule has 0 aromatic carbocycles. The van der Waals surface area contributed by atoms with Crippen LogP contribution < -0.4 is 15.7 Å². The Morgan fingerprint density at radius 3 is 2.96 bits per heavy atom. The van der Waals surface area contributed by atoms with Gasteiger partial charge in [-0.2, -0.15) is 4.98 Å². The number of amides is 1. The first kappa shape index (κ1) is 16.1. The van der Waals surface area contributed by atoms with Crippen LogP contribution in [0.2, 0.25) is 0 Å². The van der Waals surface area contributed by atoms with Crippen molar-refractivity contribution in [2.45, 2.75) is 25.5 Å². The van der Waals surface area contributed by atoms with E-state index in [0.29, 0.717) is 24.6 Å². The maximum Gasteiger partial charge on any atom is 0.345 e. The molecule has 0 radical (unpaired) electrons. The molecule has 0 bridgehead atoms. The Hall–Kier alpha value is -2.74. The molecule has 1 amide bonds. The van der Waals surface area contributed by atoms with Crippen molar-refractivity contribution in [3.63, 3.8) is 0 Å². The van der Waals surface area contributed by atoms with Crippen LogP contribution in [0.1, 0.15) is 34.3 Å². The van der Waals surface area contributed by atoms with Crippen LogP contribution in [-0.2, 0) is 4.74 Å². The minimum absolute atomic E-state index is 0.0924. The number of ether oxygens (including phenoxy) is 2. The minimum atomic E-state index is -0.543. The lowest BCUT2D eigenvalue weighted by Gasteiger charge is -2.20. The Morgan fingerprint density at radius 2 is 2.29 bits per heavy atom. The van der Waals surface area contributed by atoms with E-state index in [-0.39, 0.29) is 17.8 Å². The zero-order chi connectivity index (χ0) is 17.1. The Bertz CT molecular complexity index is 787. The highest BCUT2D eigenvalue weighted by molar-refractivity contribution is 5.92. The van der Waals surface area contributed by atoms with Crippen LogP contribution >= 0.6 is 0 Å². The standard InChI is InChI=1S/C16H18N4O4/c1-9-7-12(20-16(22)18-9)15(21)19-11-5-6-24-14(11)10-3-4-13(23-2)17-8-10/h3-4,7-8,11,14H,5-6H2,1-2H3,(H,19,21)(H,18,20,22)/t11-,14+/m1/s1. The van der Waals surface area contributed by atoms with Gasteiger partial charge in [-0.3, -0.25) is 4.79 Å². The predicted octanol–water partition coefficient (Wildman–Crippen LogP) is 0.742. The number of pyridine rings is 1. The van der Waals surface area contributed by atoms with Gasteiger partial charge < -0.3 is 19.8 Å². The first-order valence-electron chi connectivity index (χ1n) is 7.57. The Labute approximate surface area is 138 Å². The molecule has 0 unspecified atom stereocenters. The Balaban J connectivity index is 1.75.